The number of thiophene rings is 1. The van der Waals surface area contributed by atoms with Gasteiger partial charge in [-0.05, 0) is 43.0 Å². The van der Waals surface area contributed by atoms with Crippen LogP contribution in [0.4, 0.5) is 9.39 Å². The van der Waals surface area contributed by atoms with Gasteiger partial charge in [0, 0.05) is 36.1 Å². The smallest absolute Gasteiger partial charge is 0.324 e. The predicted octanol–water partition coefficient (Wildman–Crippen LogP) is 5.08. The highest BCUT2D eigenvalue weighted by molar-refractivity contribution is 7.15. The Labute approximate surface area is 156 Å². The summed E-state index contributed by atoms with van der Waals surface area (Å²) in [4.78, 5) is 13.6. The molecule has 1 saturated carbocycles. The van der Waals surface area contributed by atoms with Crippen molar-refractivity contribution in [1.29, 1.82) is 0 Å². The molecule has 0 saturated heterocycles. The molecule has 140 valence electrons. The van der Waals surface area contributed by atoms with E-state index in [9.17, 15) is 19.6 Å². The van der Waals surface area contributed by atoms with Gasteiger partial charge in [0.1, 0.15) is 11.6 Å². The molecule has 0 unspecified atom stereocenters. The first-order valence-electron chi connectivity index (χ1n) is 8.94. The number of hydrogen-bond acceptors (Lipinski definition) is 5. The largest absolute Gasteiger partial charge is 0.508 e. The summed E-state index contributed by atoms with van der Waals surface area (Å²) in [5.41, 5.74) is 0.548. The fraction of sp³-hybridized carbons (Fsp3) is 0.474. The van der Waals surface area contributed by atoms with Gasteiger partial charge in [0.25, 0.3) is 0 Å². The van der Waals surface area contributed by atoms with Gasteiger partial charge < -0.3 is 5.11 Å². The molecule has 1 N–H and O–H groups in total. The molecule has 0 radical (unpaired) electrons. The third kappa shape index (κ3) is 5.02. The van der Waals surface area contributed by atoms with Crippen LogP contribution in [0.25, 0.3) is 0 Å². The molecule has 1 aromatic carbocycles. The highest BCUT2D eigenvalue weighted by Crippen LogP contribution is 2.30. The van der Waals surface area contributed by atoms with Crippen molar-refractivity contribution in [2.75, 3.05) is 6.54 Å². The van der Waals surface area contributed by atoms with Crippen molar-refractivity contribution >= 4 is 16.3 Å². The highest BCUT2D eigenvalue weighted by Gasteiger charge is 2.20. The van der Waals surface area contributed by atoms with E-state index < -0.39 is 0 Å². The first kappa shape index (κ1) is 18.8. The molecule has 1 heterocycles. The average Bonchev–Trinajstić information content (AvgIpc) is 3.08. The second kappa shape index (κ2) is 8.60. The van der Waals surface area contributed by atoms with E-state index in [1.54, 1.807) is 6.07 Å². The zero-order valence-electron chi connectivity index (χ0n) is 14.6. The van der Waals surface area contributed by atoms with E-state index in [0.717, 1.165) is 11.4 Å². The molecular weight excluding hydrogens is 355 g/mol. The predicted molar refractivity (Wildman–Crippen MR) is 99.7 cm³/mol. The number of nitrogens with zero attached hydrogens (tertiary/aromatic N) is 2. The number of halogens is 1. The lowest BCUT2D eigenvalue weighted by Gasteiger charge is -2.29. The molecule has 26 heavy (non-hydrogen) atoms. The quantitative estimate of drug-likeness (QED) is 0.539. The topological polar surface area (TPSA) is 66.6 Å². The lowest BCUT2D eigenvalue weighted by molar-refractivity contribution is -0.380. The number of phenols is 1. The summed E-state index contributed by atoms with van der Waals surface area (Å²) in [6.07, 6.45) is 6.09. The minimum atomic E-state index is -0.377. The van der Waals surface area contributed by atoms with Crippen LogP contribution in [-0.2, 0) is 13.1 Å². The van der Waals surface area contributed by atoms with E-state index in [4.69, 9.17) is 0 Å². The van der Waals surface area contributed by atoms with Crippen molar-refractivity contribution < 1.29 is 14.4 Å². The monoisotopic (exact) mass is 378 g/mol. The summed E-state index contributed by atoms with van der Waals surface area (Å²) in [6, 6.07) is 7.28. The first-order valence-corrected chi connectivity index (χ1v) is 9.76. The van der Waals surface area contributed by atoms with E-state index in [2.05, 4.69) is 4.90 Å². The molecule has 1 aromatic heterocycles. The summed E-state index contributed by atoms with van der Waals surface area (Å²) < 4.78 is 13.6. The molecule has 0 atom stereocenters. The highest BCUT2D eigenvalue weighted by atomic mass is 32.1. The van der Waals surface area contributed by atoms with Gasteiger partial charge in [-0.3, -0.25) is 15.0 Å². The maximum Gasteiger partial charge on any atom is 0.324 e. The Morgan fingerprint density at radius 2 is 1.96 bits per heavy atom. The van der Waals surface area contributed by atoms with Crippen LogP contribution in [-0.4, -0.2) is 21.5 Å². The molecule has 0 amide bonds. The Kier molecular flexibility index (Phi) is 6.21. The van der Waals surface area contributed by atoms with Crippen LogP contribution in [0.3, 0.4) is 0 Å². The van der Waals surface area contributed by atoms with Gasteiger partial charge in [0.05, 0.1) is 4.92 Å². The second-order valence-corrected chi connectivity index (χ2v) is 8.09. The third-order valence-electron chi connectivity index (χ3n) is 4.88. The fourth-order valence-corrected chi connectivity index (χ4v) is 4.47. The summed E-state index contributed by atoms with van der Waals surface area (Å²) in [5.74, 6) is 0.286. The van der Waals surface area contributed by atoms with Crippen molar-refractivity contribution in [2.45, 2.75) is 45.2 Å². The number of benzene rings is 1. The van der Waals surface area contributed by atoms with E-state index in [-0.39, 0.29) is 21.5 Å². The van der Waals surface area contributed by atoms with Gasteiger partial charge in [-0.2, -0.15) is 0 Å². The van der Waals surface area contributed by atoms with Crippen LogP contribution in [0.5, 0.6) is 5.75 Å². The molecule has 5 nitrogen and oxygen atoms in total. The number of phenolic OH excluding ortho intramolecular Hbond substituents is 1. The maximum atomic E-state index is 13.6. The number of aromatic hydroxyl groups is 1. The minimum absolute atomic E-state index is 0.0807. The summed E-state index contributed by atoms with van der Waals surface area (Å²) >= 11 is 1.17. The Morgan fingerprint density at radius 3 is 2.65 bits per heavy atom. The third-order valence-corrected chi connectivity index (χ3v) is 5.91. The van der Waals surface area contributed by atoms with Crippen LogP contribution in [0.2, 0.25) is 0 Å². The Balaban J connectivity index is 1.75. The van der Waals surface area contributed by atoms with Gasteiger partial charge in [-0.1, -0.05) is 30.6 Å². The van der Waals surface area contributed by atoms with Gasteiger partial charge in [0.15, 0.2) is 0 Å². The molecule has 1 aliphatic carbocycles. The fourth-order valence-electron chi connectivity index (χ4n) is 3.61. The Bertz CT molecular complexity index is 759. The molecule has 0 aliphatic heterocycles. The van der Waals surface area contributed by atoms with Gasteiger partial charge in [0.2, 0.25) is 0 Å². The Morgan fingerprint density at radius 1 is 1.19 bits per heavy atom. The zero-order chi connectivity index (χ0) is 18.5. The van der Waals surface area contributed by atoms with Gasteiger partial charge in [-0.15, -0.1) is 0 Å². The zero-order valence-corrected chi connectivity index (χ0v) is 15.4. The van der Waals surface area contributed by atoms with Crippen molar-refractivity contribution in [2.24, 2.45) is 5.92 Å². The molecule has 1 fully saturated rings. The Hall–Kier alpha value is -1.99. The van der Waals surface area contributed by atoms with Gasteiger partial charge in [-0.25, -0.2) is 4.39 Å². The summed E-state index contributed by atoms with van der Waals surface area (Å²) in [5, 5.41) is 21.1. The van der Waals surface area contributed by atoms with E-state index >= 15 is 0 Å². The molecule has 1 aliphatic rings. The second-order valence-electron chi connectivity index (χ2n) is 6.94. The van der Waals surface area contributed by atoms with Crippen LogP contribution in [0, 0.1) is 21.8 Å². The minimum Gasteiger partial charge on any atom is -0.508 e. The van der Waals surface area contributed by atoms with Crippen LogP contribution >= 0.6 is 11.3 Å². The van der Waals surface area contributed by atoms with E-state index in [1.807, 2.05) is 0 Å². The van der Waals surface area contributed by atoms with Crippen molar-refractivity contribution in [3.63, 3.8) is 0 Å². The molecule has 0 spiro atoms. The summed E-state index contributed by atoms with van der Waals surface area (Å²) in [7, 11) is 0. The number of rotatable bonds is 7. The molecule has 3 rings (SSSR count). The van der Waals surface area contributed by atoms with E-state index in [1.165, 1.54) is 67.7 Å². The van der Waals surface area contributed by atoms with Crippen molar-refractivity contribution in [1.82, 2.24) is 4.90 Å². The lowest BCUT2D eigenvalue weighted by Crippen LogP contribution is -2.29. The van der Waals surface area contributed by atoms with E-state index in [0.29, 0.717) is 24.6 Å². The van der Waals surface area contributed by atoms with Crippen LogP contribution in [0.15, 0.2) is 30.3 Å². The molecular formula is C19H23FN2O3S. The molecule has 7 heteroatoms. The normalized spacial score (nSPS) is 15.5. The average molecular weight is 378 g/mol. The van der Waals surface area contributed by atoms with Crippen molar-refractivity contribution in [3.05, 3.63) is 56.7 Å². The standard InChI is InChI=1S/C19H23FN2O3S/c20-16-6-8-18(23)15(10-16)12-21(11-14-4-2-1-3-5-14)13-17-7-9-19(26-17)22(24)25/h6-10,14,23H,1-5,11-13H2. The lowest BCUT2D eigenvalue weighted by atomic mass is 9.89. The first-order chi connectivity index (χ1) is 12.5. The van der Waals surface area contributed by atoms with Crippen molar-refractivity contribution in [3.8, 4) is 5.75 Å². The number of nitro groups is 1. The maximum absolute atomic E-state index is 13.6. The molecule has 0 bridgehead atoms. The number of hydrogen-bond donors (Lipinski definition) is 1. The SMILES string of the molecule is O=[N+]([O-])c1ccc(CN(Cc2cc(F)ccc2O)CC2CCCCC2)s1. The van der Waals surface area contributed by atoms with Gasteiger partial charge >= 0.3 is 5.00 Å². The van der Waals surface area contributed by atoms with Crippen LogP contribution < -0.4 is 0 Å². The summed E-state index contributed by atoms with van der Waals surface area (Å²) in [6.45, 7) is 1.83. The van der Waals surface area contributed by atoms with Crippen LogP contribution in [0.1, 0.15) is 42.5 Å². The molecule has 2 aromatic rings.